The molecule has 4 aromatic rings. The summed E-state index contributed by atoms with van der Waals surface area (Å²) in [6.07, 6.45) is 4.90. The molecule has 0 aliphatic heterocycles. The molecule has 4 aromatic carbocycles. The van der Waals surface area contributed by atoms with Gasteiger partial charge in [0.05, 0.1) is 12.0 Å². The average Bonchev–Trinajstić information content (AvgIpc) is 3.54. The maximum Gasteiger partial charge on any atom is 0.326 e. The van der Waals surface area contributed by atoms with E-state index in [-0.39, 0.29) is 23.5 Å². The first-order chi connectivity index (χ1) is 21.4. The van der Waals surface area contributed by atoms with E-state index in [2.05, 4.69) is 22.8 Å². The number of rotatable bonds is 14. The zero-order chi connectivity index (χ0) is 30.8. The number of anilines is 1. The van der Waals surface area contributed by atoms with Gasteiger partial charge in [0.15, 0.2) is 5.78 Å². The number of ketones is 1. The highest BCUT2D eigenvalue weighted by Crippen LogP contribution is 2.41. The summed E-state index contributed by atoms with van der Waals surface area (Å²) in [5, 5.41) is 16.1. The Morgan fingerprint density at radius 2 is 1.41 bits per heavy atom. The molecule has 3 N–H and O–H groups in total. The van der Waals surface area contributed by atoms with Crippen LogP contribution >= 0.6 is 0 Å². The van der Waals surface area contributed by atoms with Gasteiger partial charge in [-0.25, -0.2) is 4.79 Å². The Bertz CT molecular complexity index is 1550. The van der Waals surface area contributed by atoms with E-state index < -0.39 is 12.0 Å². The van der Waals surface area contributed by atoms with Crippen LogP contribution in [0.1, 0.15) is 52.7 Å². The molecule has 1 fully saturated rings. The van der Waals surface area contributed by atoms with Gasteiger partial charge >= 0.3 is 5.97 Å². The van der Waals surface area contributed by atoms with Gasteiger partial charge in [-0.15, -0.1) is 0 Å². The lowest BCUT2D eigenvalue weighted by Gasteiger charge is -2.28. The fraction of sp³-hybridized carbons (Fsp3) is 0.270. The Kier molecular flexibility index (Phi) is 10.1. The van der Waals surface area contributed by atoms with Crippen LogP contribution in [0.2, 0.25) is 0 Å². The highest BCUT2D eigenvalue weighted by atomic mass is 16.5. The van der Waals surface area contributed by atoms with Crippen molar-refractivity contribution in [2.75, 3.05) is 18.5 Å². The third kappa shape index (κ3) is 7.72. The van der Waals surface area contributed by atoms with Gasteiger partial charge in [0.25, 0.3) is 0 Å². The van der Waals surface area contributed by atoms with E-state index in [9.17, 15) is 19.5 Å². The Morgan fingerprint density at radius 3 is 2.09 bits per heavy atom. The highest BCUT2D eigenvalue weighted by molar-refractivity contribution is 6.12. The predicted octanol–water partition coefficient (Wildman–Crippen LogP) is 6.32. The van der Waals surface area contributed by atoms with Crippen LogP contribution in [0.5, 0.6) is 5.75 Å². The van der Waals surface area contributed by atoms with Crippen molar-refractivity contribution < 1.29 is 24.2 Å². The molecular formula is C37H38N2O5. The van der Waals surface area contributed by atoms with Crippen molar-refractivity contribution in [1.29, 1.82) is 0 Å². The molecule has 1 saturated carbocycles. The highest BCUT2D eigenvalue weighted by Gasteiger charge is 2.40. The smallest absolute Gasteiger partial charge is 0.326 e. The summed E-state index contributed by atoms with van der Waals surface area (Å²) in [4.78, 5) is 38.5. The number of aliphatic carboxylic acids is 1. The van der Waals surface area contributed by atoms with Crippen LogP contribution in [-0.4, -0.2) is 42.0 Å². The van der Waals surface area contributed by atoms with Gasteiger partial charge in [0, 0.05) is 23.2 Å². The standard InChI is InChI=1S/C37H38N2O5/c40-34(29-13-5-2-6-14-29)31-15-7-8-16-32(31)39-33(35(41)42)25-27-17-19-30(20-18-27)44-24-23-38-36(43)37(21-9-10-22-37)26-28-11-3-1-4-12-28/h1-8,11-20,33,39H,9-10,21-26H2,(H,38,43)(H,41,42)/t33-/m0/s1. The zero-order valence-corrected chi connectivity index (χ0v) is 24.7. The second-order valence-corrected chi connectivity index (χ2v) is 11.4. The van der Waals surface area contributed by atoms with E-state index in [1.807, 2.05) is 36.4 Å². The van der Waals surface area contributed by atoms with Gasteiger partial charge < -0.3 is 20.5 Å². The molecule has 0 radical (unpaired) electrons. The first kappa shape index (κ1) is 30.5. The number of hydrogen-bond acceptors (Lipinski definition) is 5. The molecule has 7 heteroatoms. The van der Waals surface area contributed by atoms with Gasteiger partial charge in [-0.1, -0.05) is 97.8 Å². The van der Waals surface area contributed by atoms with Gasteiger partial charge in [-0.3, -0.25) is 9.59 Å². The summed E-state index contributed by atoms with van der Waals surface area (Å²) in [5.74, 6) is -0.459. The molecule has 0 spiro atoms. The van der Waals surface area contributed by atoms with Crippen LogP contribution in [0, 0.1) is 5.41 Å². The van der Waals surface area contributed by atoms with E-state index >= 15 is 0 Å². The van der Waals surface area contributed by atoms with Crippen molar-refractivity contribution >= 4 is 23.3 Å². The lowest BCUT2D eigenvalue weighted by atomic mass is 9.79. The molecule has 0 bridgehead atoms. The molecule has 0 unspecified atom stereocenters. The minimum Gasteiger partial charge on any atom is -0.492 e. The van der Waals surface area contributed by atoms with Crippen LogP contribution in [0.15, 0.2) is 109 Å². The molecule has 226 valence electrons. The first-order valence-electron chi connectivity index (χ1n) is 15.2. The number of hydrogen-bond donors (Lipinski definition) is 3. The first-order valence-corrected chi connectivity index (χ1v) is 15.2. The SMILES string of the molecule is O=C(c1ccccc1)c1ccccc1N[C@@H](Cc1ccc(OCCNC(=O)C2(Cc3ccccc3)CCCC2)cc1)C(=O)O. The van der Waals surface area contributed by atoms with Crippen molar-refractivity contribution in [1.82, 2.24) is 5.32 Å². The summed E-state index contributed by atoms with van der Waals surface area (Å²) < 4.78 is 5.87. The van der Waals surface area contributed by atoms with E-state index in [0.29, 0.717) is 35.7 Å². The molecule has 1 aliphatic rings. The van der Waals surface area contributed by atoms with Crippen LogP contribution in [0.3, 0.4) is 0 Å². The Labute approximate surface area is 258 Å². The fourth-order valence-electron chi connectivity index (χ4n) is 5.94. The number of carbonyl (C=O) groups excluding carboxylic acids is 2. The Morgan fingerprint density at radius 1 is 0.773 bits per heavy atom. The molecule has 0 saturated heterocycles. The third-order valence-corrected chi connectivity index (χ3v) is 8.28. The second kappa shape index (κ2) is 14.5. The molecule has 1 amide bonds. The molecule has 44 heavy (non-hydrogen) atoms. The number of ether oxygens (including phenoxy) is 1. The summed E-state index contributed by atoms with van der Waals surface area (Å²) in [6.45, 7) is 0.737. The largest absolute Gasteiger partial charge is 0.492 e. The quantitative estimate of drug-likeness (QED) is 0.117. The predicted molar refractivity (Wildman–Crippen MR) is 171 cm³/mol. The Hall–Kier alpha value is -4.91. The fourth-order valence-corrected chi connectivity index (χ4v) is 5.94. The monoisotopic (exact) mass is 590 g/mol. The molecule has 0 heterocycles. The van der Waals surface area contributed by atoms with Gasteiger partial charge in [0.1, 0.15) is 18.4 Å². The average molecular weight is 591 g/mol. The molecule has 0 aromatic heterocycles. The van der Waals surface area contributed by atoms with E-state index in [1.54, 1.807) is 60.7 Å². The van der Waals surface area contributed by atoms with Crippen molar-refractivity contribution in [3.63, 3.8) is 0 Å². The molecule has 1 aliphatic carbocycles. The number of carboxylic acid groups (broad SMARTS) is 1. The number of para-hydroxylation sites is 1. The molecular weight excluding hydrogens is 552 g/mol. The summed E-state index contributed by atoms with van der Waals surface area (Å²) in [7, 11) is 0. The topological polar surface area (TPSA) is 105 Å². The van der Waals surface area contributed by atoms with Crippen LogP contribution in [-0.2, 0) is 22.4 Å². The number of carbonyl (C=O) groups is 3. The third-order valence-electron chi connectivity index (χ3n) is 8.28. The van der Waals surface area contributed by atoms with Crippen molar-refractivity contribution in [3.8, 4) is 5.75 Å². The lowest BCUT2D eigenvalue weighted by molar-refractivity contribution is -0.138. The van der Waals surface area contributed by atoms with E-state index in [1.165, 1.54) is 5.56 Å². The normalized spacial score (nSPS) is 14.4. The van der Waals surface area contributed by atoms with E-state index in [0.717, 1.165) is 37.7 Å². The summed E-state index contributed by atoms with van der Waals surface area (Å²) in [5.41, 5.74) is 3.06. The van der Waals surface area contributed by atoms with Gasteiger partial charge in [0.2, 0.25) is 5.91 Å². The van der Waals surface area contributed by atoms with Gasteiger partial charge in [-0.05, 0) is 54.7 Å². The zero-order valence-electron chi connectivity index (χ0n) is 24.7. The molecule has 5 rings (SSSR count). The Balaban J connectivity index is 1.14. The maximum atomic E-state index is 13.2. The minimum absolute atomic E-state index is 0.0945. The summed E-state index contributed by atoms with van der Waals surface area (Å²) >= 11 is 0. The van der Waals surface area contributed by atoms with Crippen molar-refractivity contribution in [3.05, 3.63) is 131 Å². The molecule has 1 atom stereocenters. The van der Waals surface area contributed by atoms with E-state index in [4.69, 9.17) is 4.74 Å². The number of nitrogens with one attached hydrogen (secondary N) is 2. The number of benzene rings is 4. The lowest BCUT2D eigenvalue weighted by Crippen LogP contribution is -2.42. The van der Waals surface area contributed by atoms with Crippen molar-refractivity contribution in [2.24, 2.45) is 5.41 Å². The van der Waals surface area contributed by atoms with Gasteiger partial charge in [-0.2, -0.15) is 0 Å². The number of carboxylic acids is 1. The second-order valence-electron chi connectivity index (χ2n) is 11.4. The maximum absolute atomic E-state index is 13.2. The number of amides is 1. The van der Waals surface area contributed by atoms with Crippen LogP contribution in [0.25, 0.3) is 0 Å². The molecule has 7 nitrogen and oxygen atoms in total. The van der Waals surface area contributed by atoms with Crippen LogP contribution in [0.4, 0.5) is 5.69 Å². The van der Waals surface area contributed by atoms with Crippen molar-refractivity contribution in [2.45, 2.75) is 44.6 Å². The summed E-state index contributed by atoms with van der Waals surface area (Å²) in [6, 6.07) is 32.4. The minimum atomic E-state index is -1.02. The van der Waals surface area contributed by atoms with Crippen LogP contribution < -0.4 is 15.4 Å².